The summed E-state index contributed by atoms with van der Waals surface area (Å²) in [4.78, 5) is 12.9. The Morgan fingerprint density at radius 1 is 1.35 bits per heavy atom. The molecule has 3 nitrogen and oxygen atoms in total. The highest BCUT2D eigenvalue weighted by atomic mass is 32.1. The van der Waals surface area contributed by atoms with Crippen molar-refractivity contribution in [3.63, 3.8) is 0 Å². The molecule has 0 radical (unpaired) electrons. The van der Waals surface area contributed by atoms with Gasteiger partial charge in [-0.2, -0.15) is 5.26 Å². The van der Waals surface area contributed by atoms with Crippen LogP contribution < -0.4 is 5.32 Å². The molecule has 0 saturated heterocycles. The zero-order chi connectivity index (χ0) is 14.2. The van der Waals surface area contributed by atoms with Gasteiger partial charge in [0.05, 0.1) is 11.6 Å². The minimum absolute atomic E-state index is 0.121. The van der Waals surface area contributed by atoms with E-state index in [4.69, 9.17) is 5.26 Å². The fourth-order valence-corrected chi connectivity index (χ4v) is 2.42. The number of rotatable bonds is 5. The van der Waals surface area contributed by atoms with Crippen molar-refractivity contribution in [2.45, 2.75) is 6.42 Å². The molecular formula is C16H14N2OS. The Labute approximate surface area is 122 Å². The molecule has 0 bridgehead atoms. The number of carbonyl (C=O) groups is 1. The fourth-order valence-electron chi connectivity index (χ4n) is 1.71. The van der Waals surface area contributed by atoms with Gasteiger partial charge in [0, 0.05) is 17.5 Å². The number of nitriles is 1. The van der Waals surface area contributed by atoms with Gasteiger partial charge >= 0.3 is 0 Å². The Hall–Kier alpha value is -2.38. The predicted octanol–water partition coefficient (Wildman–Crippen LogP) is 2.99. The third-order valence-electron chi connectivity index (χ3n) is 2.69. The second-order valence-electron chi connectivity index (χ2n) is 4.19. The maximum absolute atomic E-state index is 11.6. The molecule has 0 aliphatic heterocycles. The van der Waals surface area contributed by atoms with Crippen molar-refractivity contribution in [1.82, 2.24) is 5.32 Å². The van der Waals surface area contributed by atoms with E-state index in [0.29, 0.717) is 12.1 Å². The van der Waals surface area contributed by atoms with E-state index in [0.717, 1.165) is 12.0 Å². The summed E-state index contributed by atoms with van der Waals surface area (Å²) in [6.45, 7) is 0.627. The van der Waals surface area contributed by atoms with Gasteiger partial charge in [0.15, 0.2) is 0 Å². The number of hydrogen-bond donors (Lipinski definition) is 1. The number of nitrogens with one attached hydrogen (secondary N) is 1. The molecule has 0 saturated carbocycles. The molecule has 1 aromatic heterocycles. The highest BCUT2D eigenvalue weighted by Gasteiger charge is 1.97. The van der Waals surface area contributed by atoms with Crippen LogP contribution >= 0.6 is 11.3 Å². The standard InChI is InChI=1S/C16H14N2OS/c17-12-14-4-1-3-13(11-14)6-7-16(19)18-9-8-15-5-2-10-20-15/h1-7,10-11H,8-9H2,(H,18,19)/b7-6+. The zero-order valence-electron chi connectivity index (χ0n) is 10.9. The van der Waals surface area contributed by atoms with Gasteiger partial charge in [-0.1, -0.05) is 18.2 Å². The van der Waals surface area contributed by atoms with Crippen LogP contribution in [0.5, 0.6) is 0 Å². The van der Waals surface area contributed by atoms with Crippen LogP contribution in [0, 0.1) is 11.3 Å². The van der Waals surface area contributed by atoms with Gasteiger partial charge in [-0.05, 0) is 41.6 Å². The minimum atomic E-state index is -0.121. The van der Waals surface area contributed by atoms with Gasteiger partial charge in [-0.15, -0.1) is 11.3 Å². The van der Waals surface area contributed by atoms with Crippen LogP contribution in [0.1, 0.15) is 16.0 Å². The molecule has 0 spiro atoms. The van der Waals surface area contributed by atoms with Crippen molar-refractivity contribution >= 4 is 23.3 Å². The van der Waals surface area contributed by atoms with Crippen LogP contribution in [-0.2, 0) is 11.2 Å². The molecule has 0 aliphatic carbocycles. The van der Waals surface area contributed by atoms with E-state index in [-0.39, 0.29) is 5.91 Å². The maximum Gasteiger partial charge on any atom is 0.244 e. The lowest BCUT2D eigenvalue weighted by molar-refractivity contribution is -0.116. The average molecular weight is 282 g/mol. The average Bonchev–Trinajstić information content (AvgIpc) is 2.98. The first kappa shape index (κ1) is 14.0. The van der Waals surface area contributed by atoms with Crippen molar-refractivity contribution < 1.29 is 4.79 Å². The third kappa shape index (κ3) is 4.38. The Balaban J connectivity index is 1.81. The summed E-state index contributed by atoms with van der Waals surface area (Å²) in [5.74, 6) is -0.121. The summed E-state index contributed by atoms with van der Waals surface area (Å²) < 4.78 is 0. The molecule has 1 heterocycles. The van der Waals surface area contributed by atoms with Crippen LogP contribution in [0.15, 0.2) is 47.9 Å². The van der Waals surface area contributed by atoms with Crippen LogP contribution in [0.3, 0.4) is 0 Å². The maximum atomic E-state index is 11.6. The van der Waals surface area contributed by atoms with E-state index >= 15 is 0 Å². The number of thiophene rings is 1. The summed E-state index contributed by atoms with van der Waals surface area (Å²) in [6.07, 6.45) is 4.05. The largest absolute Gasteiger partial charge is 0.352 e. The first-order valence-electron chi connectivity index (χ1n) is 6.26. The highest BCUT2D eigenvalue weighted by Crippen LogP contribution is 2.08. The molecule has 2 aromatic rings. The second-order valence-corrected chi connectivity index (χ2v) is 5.22. The molecular weight excluding hydrogens is 268 g/mol. The first-order chi connectivity index (χ1) is 9.78. The predicted molar refractivity (Wildman–Crippen MR) is 81.2 cm³/mol. The highest BCUT2D eigenvalue weighted by molar-refractivity contribution is 7.09. The van der Waals surface area contributed by atoms with E-state index in [9.17, 15) is 4.79 Å². The van der Waals surface area contributed by atoms with Crippen LogP contribution in [-0.4, -0.2) is 12.5 Å². The smallest absolute Gasteiger partial charge is 0.244 e. The molecule has 100 valence electrons. The van der Waals surface area contributed by atoms with Gasteiger partial charge < -0.3 is 5.32 Å². The van der Waals surface area contributed by atoms with Crippen LogP contribution in [0.25, 0.3) is 6.08 Å². The normalized spacial score (nSPS) is 10.3. The van der Waals surface area contributed by atoms with Gasteiger partial charge in [0.2, 0.25) is 5.91 Å². The molecule has 1 aromatic carbocycles. The van der Waals surface area contributed by atoms with Gasteiger partial charge in [0.1, 0.15) is 0 Å². The molecule has 2 rings (SSSR count). The van der Waals surface area contributed by atoms with E-state index in [1.54, 1.807) is 35.6 Å². The molecule has 0 fully saturated rings. The number of hydrogen-bond acceptors (Lipinski definition) is 3. The second kappa shape index (κ2) is 7.27. The van der Waals surface area contributed by atoms with Gasteiger partial charge in [0.25, 0.3) is 0 Å². The lowest BCUT2D eigenvalue weighted by Crippen LogP contribution is -2.23. The Bertz CT molecular complexity index is 639. The summed E-state index contributed by atoms with van der Waals surface area (Å²) in [7, 11) is 0. The van der Waals surface area contributed by atoms with Gasteiger partial charge in [-0.25, -0.2) is 0 Å². The summed E-state index contributed by atoms with van der Waals surface area (Å²) in [5, 5.41) is 13.7. The molecule has 1 amide bonds. The van der Waals surface area contributed by atoms with Crippen molar-refractivity contribution in [3.8, 4) is 6.07 Å². The number of benzene rings is 1. The number of amides is 1. The zero-order valence-corrected chi connectivity index (χ0v) is 11.7. The Morgan fingerprint density at radius 2 is 2.25 bits per heavy atom. The van der Waals surface area contributed by atoms with Crippen LogP contribution in [0.4, 0.5) is 0 Å². The Morgan fingerprint density at radius 3 is 3.00 bits per heavy atom. The summed E-state index contributed by atoms with van der Waals surface area (Å²) >= 11 is 1.69. The SMILES string of the molecule is N#Cc1cccc(/C=C/C(=O)NCCc2cccs2)c1. The molecule has 20 heavy (non-hydrogen) atoms. The van der Waals surface area contributed by atoms with E-state index in [2.05, 4.69) is 17.5 Å². The molecule has 0 aliphatic rings. The lowest BCUT2D eigenvalue weighted by Gasteiger charge is -2.00. The van der Waals surface area contributed by atoms with E-state index < -0.39 is 0 Å². The van der Waals surface area contributed by atoms with Crippen molar-refractivity contribution in [2.24, 2.45) is 0 Å². The molecule has 4 heteroatoms. The monoisotopic (exact) mass is 282 g/mol. The molecule has 0 unspecified atom stereocenters. The van der Waals surface area contributed by atoms with Crippen LogP contribution in [0.2, 0.25) is 0 Å². The van der Waals surface area contributed by atoms with Crippen molar-refractivity contribution in [2.75, 3.05) is 6.54 Å². The Kier molecular flexibility index (Phi) is 5.10. The van der Waals surface area contributed by atoms with Crippen molar-refractivity contribution in [3.05, 3.63) is 63.9 Å². The van der Waals surface area contributed by atoms with E-state index in [1.165, 1.54) is 11.0 Å². The summed E-state index contributed by atoms with van der Waals surface area (Å²) in [5.41, 5.74) is 1.43. The molecule has 1 N–H and O–H groups in total. The summed E-state index contributed by atoms with van der Waals surface area (Å²) in [6, 6.07) is 13.3. The van der Waals surface area contributed by atoms with Gasteiger partial charge in [-0.3, -0.25) is 4.79 Å². The van der Waals surface area contributed by atoms with E-state index in [1.807, 2.05) is 17.5 Å². The minimum Gasteiger partial charge on any atom is -0.352 e. The fraction of sp³-hybridized carbons (Fsp3) is 0.125. The number of carbonyl (C=O) groups excluding carboxylic acids is 1. The third-order valence-corrected chi connectivity index (χ3v) is 3.63. The number of nitrogens with zero attached hydrogens (tertiary/aromatic N) is 1. The first-order valence-corrected chi connectivity index (χ1v) is 7.14. The molecule has 0 atom stereocenters. The quantitative estimate of drug-likeness (QED) is 0.857. The lowest BCUT2D eigenvalue weighted by atomic mass is 10.1. The topological polar surface area (TPSA) is 52.9 Å². The van der Waals surface area contributed by atoms with Crippen molar-refractivity contribution in [1.29, 1.82) is 5.26 Å².